The van der Waals surface area contributed by atoms with Crippen molar-refractivity contribution in [1.29, 1.82) is 0 Å². The van der Waals surface area contributed by atoms with Gasteiger partial charge in [0.1, 0.15) is 11.3 Å². The molecule has 8 heteroatoms. The van der Waals surface area contributed by atoms with Crippen molar-refractivity contribution < 1.29 is 18.9 Å². The molecule has 0 radical (unpaired) electrons. The van der Waals surface area contributed by atoms with E-state index in [1.54, 1.807) is 30.3 Å². The molecule has 1 heterocycles. The Hall–Kier alpha value is -3.52. The van der Waals surface area contributed by atoms with E-state index in [2.05, 4.69) is 31.0 Å². The van der Waals surface area contributed by atoms with E-state index in [9.17, 15) is 19.7 Å². The van der Waals surface area contributed by atoms with E-state index in [1.807, 2.05) is 0 Å². The Balaban J connectivity index is 1.73. The van der Waals surface area contributed by atoms with Gasteiger partial charge in [0, 0.05) is 48.2 Å². The second kappa shape index (κ2) is 14.4. The van der Waals surface area contributed by atoms with Gasteiger partial charge in [-0.1, -0.05) is 40.0 Å². The van der Waals surface area contributed by atoms with Gasteiger partial charge in [0.05, 0.1) is 10.5 Å². The van der Waals surface area contributed by atoms with Crippen molar-refractivity contribution in [2.75, 3.05) is 25.0 Å². The molecule has 204 valence electrons. The first-order chi connectivity index (χ1) is 18.4. The third-order valence-electron chi connectivity index (χ3n) is 6.68. The van der Waals surface area contributed by atoms with Crippen LogP contribution in [0.25, 0.3) is 11.0 Å². The monoisotopic (exact) mass is 521 g/mol. The van der Waals surface area contributed by atoms with Gasteiger partial charge >= 0.3 is 0 Å². The summed E-state index contributed by atoms with van der Waals surface area (Å²) in [6, 6.07) is 11.1. The molecule has 1 aromatic heterocycles. The number of nitro groups is 1. The van der Waals surface area contributed by atoms with Gasteiger partial charge < -0.3 is 14.6 Å². The molecule has 0 bridgehead atoms. The number of carbonyl (C=O) groups excluding carboxylic acids is 2. The van der Waals surface area contributed by atoms with Gasteiger partial charge in [0.25, 0.3) is 5.69 Å². The van der Waals surface area contributed by atoms with E-state index in [0.717, 1.165) is 58.2 Å². The molecule has 0 aliphatic rings. The number of hydrogen-bond donors (Lipinski definition) is 1. The molecule has 0 saturated carbocycles. The summed E-state index contributed by atoms with van der Waals surface area (Å²) in [4.78, 5) is 39.3. The van der Waals surface area contributed by atoms with Crippen molar-refractivity contribution in [2.24, 2.45) is 0 Å². The number of nitrogens with zero attached hydrogens (tertiary/aromatic N) is 2. The molecule has 3 rings (SSSR count). The Bertz CT molecular complexity index is 1220. The predicted octanol–water partition coefficient (Wildman–Crippen LogP) is 7.15. The highest BCUT2D eigenvalue weighted by atomic mass is 16.6. The van der Waals surface area contributed by atoms with Gasteiger partial charge in [0.2, 0.25) is 5.91 Å². The third kappa shape index (κ3) is 7.74. The molecule has 0 atom stereocenters. The predicted molar refractivity (Wildman–Crippen MR) is 151 cm³/mol. The molecule has 0 unspecified atom stereocenters. The standard InChI is InChI=1S/C30H39N3O5/c1-4-7-10-27-29(25-21-24(33(36)37)15-16-26(25)38-27)30(35)22-11-13-23(14-12-22)31-28(34)17-20-32(18-8-5-2)19-9-6-3/h11-16,21H,4-10,17-20H2,1-3H3,(H,31,34). The molecule has 0 fully saturated rings. The second-order valence-electron chi connectivity index (χ2n) is 9.69. The third-order valence-corrected chi connectivity index (χ3v) is 6.68. The molecule has 1 N–H and O–H groups in total. The molecular weight excluding hydrogens is 482 g/mol. The number of benzene rings is 2. The summed E-state index contributed by atoms with van der Waals surface area (Å²) < 4.78 is 5.95. The van der Waals surface area contributed by atoms with Gasteiger partial charge in [-0.05, 0) is 62.7 Å². The van der Waals surface area contributed by atoms with Crippen LogP contribution in [0.15, 0.2) is 46.9 Å². The highest BCUT2D eigenvalue weighted by Crippen LogP contribution is 2.32. The van der Waals surface area contributed by atoms with E-state index in [-0.39, 0.29) is 17.4 Å². The molecule has 0 spiro atoms. The minimum atomic E-state index is -0.475. The lowest BCUT2D eigenvalue weighted by atomic mass is 9.98. The molecule has 0 saturated heterocycles. The van der Waals surface area contributed by atoms with Crippen LogP contribution in [0.3, 0.4) is 0 Å². The average Bonchev–Trinajstić information content (AvgIpc) is 3.28. The zero-order chi connectivity index (χ0) is 27.5. The lowest BCUT2D eigenvalue weighted by Crippen LogP contribution is -2.30. The maximum Gasteiger partial charge on any atom is 0.270 e. The number of aryl methyl sites for hydroxylation is 1. The number of fused-ring (bicyclic) bond motifs is 1. The fourth-order valence-electron chi connectivity index (χ4n) is 4.44. The van der Waals surface area contributed by atoms with Crippen LogP contribution in [-0.2, 0) is 11.2 Å². The van der Waals surface area contributed by atoms with Crippen LogP contribution in [0, 0.1) is 10.1 Å². The molecule has 0 aliphatic heterocycles. The van der Waals surface area contributed by atoms with Crippen LogP contribution >= 0.6 is 0 Å². The lowest BCUT2D eigenvalue weighted by molar-refractivity contribution is -0.384. The number of amides is 1. The van der Waals surface area contributed by atoms with Gasteiger partial charge in [-0.2, -0.15) is 0 Å². The number of carbonyl (C=O) groups is 2. The normalized spacial score (nSPS) is 11.3. The van der Waals surface area contributed by atoms with Crippen molar-refractivity contribution in [1.82, 2.24) is 4.90 Å². The average molecular weight is 522 g/mol. The van der Waals surface area contributed by atoms with E-state index in [1.165, 1.54) is 12.1 Å². The zero-order valence-electron chi connectivity index (χ0n) is 22.8. The van der Waals surface area contributed by atoms with Gasteiger partial charge in [-0.15, -0.1) is 0 Å². The molecule has 8 nitrogen and oxygen atoms in total. The number of hydrogen-bond acceptors (Lipinski definition) is 6. The fraction of sp³-hybridized carbons (Fsp3) is 0.467. The first-order valence-corrected chi connectivity index (χ1v) is 13.7. The summed E-state index contributed by atoms with van der Waals surface area (Å²) in [5.74, 6) is 0.230. The zero-order valence-corrected chi connectivity index (χ0v) is 22.8. The Labute approximate surface area is 224 Å². The minimum absolute atomic E-state index is 0.0583. The first-order valence-electron chi connectivity index (χ1n) is 13.7. The van der Waals surface area contributed by atoms with Gasteiger partial charge in [-0.3, -0.25) is 19.7 Å². The van der Waals surface area contributed by atoms with E-state index < -0.39 is 4.92 Å². The number of anilines is 1. The fourth-order valence-corrected chi connectivity index (χ4v) is 4.44. The largest absolute Gasteiger partial charge is 0.460 e. The topological polar surface area (TPSA) is 106 Å². The van der Waals surface area contributed by atoms with Crippen molar-refractivity contribution in [2.45, 2.75) is 72.1 Å². The summed E-state index contributed by atoms with van der Waals surface area (Å²) in [7, 11) is 0. The van der Waals surface area contributed by atoms with Crippen LogP contribution in [-0.4, -0.2) is 41.1 Å². The number of non-ortho nitro benzene ring substituents is 1. The van der Waals surface area contributed by atoms with Crippen LogP contribution in [0.1, 0.15) is 87.4 Å². The summed E-state index contributed by atoms with van der Waals surface area (Å²) >= 11 is 0. The Morgan fingerprint density at radius 3 is 2.18 bits per heavy atom. The summed E-state index contributed by atoms with van der Waals surface area (Å²) in [5, 5.41) is 14.7. The Morgan fingerprint density at radius 1 is 0.921 bits per heavy atom. The quantitative estimate of drug-likeness (QED) is 0.122. The highest BCUT2D eigenvalue weighted by molar-refractivity contribution is 6.17. The van der Waals surface area contributed by atoms with Gasteiger partial charge in [0.15, 0.2) is 5.78 Å². The first kappa shape index (κ1) is 29.0. The Kier molecular flexibility index (Phi) is 11.0. The molecular formula is C30H39N3O5. The van der Waals surface area contributed by atoms with Crippen LogP contribution in [0.5, 0.6) is 0 Å². The molecule has 1 amide bonds. The SMILES string of the molecule is CCCCc1oc2ccc([N+](=O)[O-])cc2c1C(=O)c1ccc(NC(=O)CCN(CCCC)CCCC)cc1. The summed E-state index contributed by atoms with van der Waals surface area (Å²) in [6.45, 7) is 9.13. The second-order valence-corrected chi connectivity index (χ2v) is 9.69. The lowest BCUT2D eigenvalue weighted by Gasteiger charge is -2.21. The maximum atomic E-state index is 13.5. The highest BCUT2D eigenvalue weighted by Gasteiger charge is 2.23. The van der Waals surface area contributed by atoms with Crippen LogP contribution in [0.2, 0.25) is 0 Å². The minimum Gasteiger partial charge on any atom is -0.460 e. The number of nitro benzene ring substituents is 1. The van der Waals surface area contributed by atoms with Crippen molar-refractivity contribution in [3.8, 4) is 0 Å². The van der Waals surface area contributed by atoms with Crippen LogP contribution in [0.4, 0.5) is 11.4 Å². The molecule has 38 heavy (non-hydrogen) atoms. The van der Waals surface area contributed by atoms with E-state index in [0.29, 0.717) is 46.4 Å². The number of unbranched alkanes of at least 4 members (excludes halogenated alkanes) is 3. The molecule has 0 aliphatic carbocycles. The van der Waals surface area contributed by atoms with E-state index >= 15 is 0 Å². The van der Waals surface area contributed by atoms with E-state index in [4.69, 9.17) is 4.42 Å². The number of ketones is 1. The molecule has 3 aromatic rings. The molecule has 2 aromatic carbocycles. The maximum absolute atomic E-state index is 13.5. The Morgan fingerprint density at radius 2 is 1.58 bits per heavy atom. The number of rotatable bonds is 16. The number of nitrogens with one attached hydrogen (secondary N) is 1. The van der Waals surface area contributed by atoms with Crippen LogP contribution < -0.4 is 5.32 Å². The van der Waals surface area contributed by atoms with Crippen molar-refractivity contribution in [3.63, 3.8) is 0 Å². The van der Waals surface area contributed by atoms with Crippen molar-refractivity contribution in [3.05, 3.63) is 69.5 Å². The van der Waals surface area contributed by atoms with Gasteiger partial charge in [-0.25, -0.2) is 0 Å². The summed E-state index contributed by atoms with van der Waals surface area (Å²) in [5.41, 5.74) is 1.80. The smallest absolute Gasteiger partial charge is 0.270 e. The number of furan rings is 1. The van der Waals surface area contributed by atoms with Crippen molar-refractivity contribution >= 4 is 34.0 Å². The summed E-state index contributed by atoms with van der Waals surface area (Å²) in [6.07, 6.45) is 7.25.